The minimum absolute atomic E-state index is 0.0431. The Morgan fingerprint density at radius 3 is 2.52 bits per heavy atom. The fourth-order valence-electron chi connectivity index (χ4n) is 3.03. The van der Waals surface area contributed by atoms with E-state index in [2.05, 4.69) is 19.2 Å². The van der Waals surface area contributed by atoms with Gasteiger partial charge in [0.25, 0.3) is 0 Å². The summed E-state index contributed by atoms with van der Waals surface area (Å²) in [6, 6.07) is 9.58. The Hall–Kier alpha value is -1.84. The van der Waals surface area contributed by atoms with Crippen molar-refractivity contribution in [2.24, 2.45) is 17.3 Å². The first-order valence-electron chi connectivity index (χ1n) is 7.36. The number of nitrogens with one attached hydrogen (secondary N) is 1. The van der Waals surface area contributed by atoms with Crippen molar-refractivity contribution >= 4 is 11.9 Å². The number of ketones is 1. The average Bonchev–Trinajstić information content (AvgIpc) is 2.44. The summed E-state index contributed by atoms with van der Waals surface area (Å²) in [7, 11) is 0. The third-order valence-electron chi connectivity index (χ3n) is 4.67. The number of benzene rings is 1. The number of hydrogen-bond donors (Lipinski definition) is 1. The first kappa shape index (κ1) is 15.5. The number of rotatable bonds is 5. The maximum atomic E-state index is 11.7. The van der Waals surface area contributed by atoms with Crippen LogP contribution in [-0.4, -0.2) is 18.4 Å². The summed E-state index contributed by atoms with van der Waals surface area (Å²) in [5.41, 5.74) is 0.923. The molecule has 0 aromatic heterocycles. The molecule has 0 heterocycles. The van der Waals surface area contributed by atoms with Gasteiger partial charge in [-0.15, -0.1) is 0 Å². The molecule has 2 atom stereocenters. The van der Waals surface area contributed by atoms with Crippen molar-refractivity contribution in [3.05, 3.63) is 35.9 Å². The summed E-state index contributed by atoms with van der Waals surface area (Å²) in [6.45, 7) is 6.65. The molecule has 4 heteroatoms. The normalized spacial score (nSPS) is 23.0. The van der Waals surface area contributed by atoms with Gasteiger partial charge in [0.15, 0.2) is 0 Å². The quantitative estimate of drug-likeness (QED) is 0.906. The molecule has 1 saturated carbocycles. The summed E-state index contributed by atoms with van der Waals surface area (Å²) >= 11 is 0. The molecule has 0 bridgehead atoms. The van der Waals surface area contributed by atoms with Crippen LogP contribution in [0.15, 0.2) is 30.3 Å². The Morgan fingerprint density at radius 1 is 1.29 bits per heavy atom. The largest absolute Gasteiger partial charge is 0.445 e. The van der Waals surface area contributed by atoms with E-state index in [9.17, 15) is 9.59 Å². The topological polar surface area (TPSA) is 55.4 Å². The second-order valence-electron chi connectivity index (χ2n) is 6.36. The minimum atomic E-state index is -0.402. The summed E-state index contributed by atoms with van der Waals surface area (Å²) < 4.78 is 5.17. The van der Waals surface area contributed by atoms with Crippen LogP contribution < -0.4 is 5.32 Å². The van der Waals surface area contributed by atoms with Crippen LogP contribution in [0.1, 0.15) is 32.8 Å². The molecule has 2 rings (SSSR count). The molecule has 1 aromatic rings. The molecule has 1 N–H and O–H groups in total. The van der Waals surface area contributed by atoms with Gasteiger partial charge in [-0.2, -0.15) is 0 Å². The van der Waals surface area contributed by atoms with Gasteiger partial charge in [0, 0.05) is 12.5 Å². The third kappa shape index (κ3) is 3.63. The molecule has 1 aromatic carbocycles. The van der Waals surface area contributed by atoms with Crippen molar-refractivity contribution in [3.63, 3.8) is 0 Å². The van der Waals surface area contributed by atoms with Crippen LogP contribution >= 0.6 is 0 Å². The molecule has 114 valence electrons. The highest BCUT2D eigenvalue weighted by Crippen LogP contribution is 2.51. The smallest absolute Gasteiger partial charge is 0.407 e. The fourth-order valence-corrected chi connectivity index (χ4v) is 3.03. The van der Waals surface area contributed by atoms with Crippen LogP contribution in [0.2, 0.25) is 0 Å². The number of hydrogen-bond acceptors (Lipinski definition) is 3. The Kier molecular flexibility index (Phi) is 4.66. The van der Waals surface area contributed by atoms with Gasteiger partial charge in [-0.05, 0) is 30.2 Å². The molecule has 0 unspecified atom stereocenters. The molecular weight excluding hydrogens is 266 g/mol. The second-order valence-corrected chi connectivity index (χ2v) is 6.36. The van der Waals surface area contributed by atoms with Gasteiger partial charge in [0.2, 0.25) is 0 Å². The maximum Gasteiger partial charge on any atom is 0.407 e. The number of alkyl carbamates (subject to hydrolysis) is 1. The van der Waals surface area contributed by atoms with Crippen LogP contribution in [0.25, 0.3) is 0 Å². The van der Waals surface area contributed by atoms with E-state index in [0.29, 0.717) is 12.5 Å². The van der Waals surface area contributed by atoms with Gasteiger partial charge in [-0.3, -0.25) is 4.79 Å². The molecule has 0 radical (unpaired) electrons. The average molecular weight is 289 g/mol. The monoisotopic (exact) mass is 289 g/mol. The van der Waals surface area contributed by atoms with Crippen molar-refractivity contribution in [3.8, 4) is 0 Å². The molecule has 1 fully saturated rings. The highest BCUT2D eigenvalue weighted by molar-refractivity contribution is 5.80. The first-order valence-corrected chi connectivity index (χ1v) is 7.36. The van der Waals surface area contributed by atoms with E-state index < -0.39 is 6.09 Å². The SMILES string of the molecule is CC(=O)[C@@H]1C[C@H](CNC(=O)OCc2ccccc2)C1(C)C. The van der Waals surface area contributed by atoms with E-state index in [1.807, 2.05) is 30.3 Å². The number of ether oxygens (including phenoxy) is 1. The molecular formula is C17H23NO3. The van der Waals surface area contributed by atoms with E-state index in [1.54, 1.807) is 6.92 Å². The minimum Gasteiger partial charge on any atom is -0.445 e. The van der Waals surface area contributed by atoms with Gasteiger partial charge in [-0.25, -0.2) is 4.79 Å². The molecule has 0 aliphatic heterocycles. The molecule has 0 spiro atoms. The highest BCUT2D eigenvalue weighted by atomic mass is 16.5. The second kappa shape index (κ2) is 6.29. The zero-order valence-electron chi connectivity index (χ0n) is 12.9. The Morgan fingerprint density at radius 2 is 1.95 bits per heavy atom. The van der Waals surface area contributed by atoms with Gasteiger partial charge >= 0.3 is 6.09 Å². The molecule has 4 nitrogen and oxygen atoms in total. The lowest BCUT2D eigenvalue weighted by molar-refractivity contribution is -0.135. The Balaban J connectivity index is 1.72. The number of amides is 1. The van der Waals surface area contributed by atoms with Gasteiger partial charge in [0.1, 0.15) is 12.4 Å². The van der Waals surface area contributed by atoms with Crippen molar-refractivity contribution in [1.82, 2.24) is 5.32 Å². The lowest BCUT2D eigenvalue weighted by Crippen LogP contribution is -2.52. The summed E-state index contributed by atoms with van der Waals surface area (Å²) in [6.07, 6.45) is 0.447. The summed E-state index contributed by atoms with van der Waals surface area (Å²) in [5, 5.41) is 2.80. The van der Waals surface area contributed by atoms with Crippen LogP contribution in [0.3, 0.4) is 0 Å². The Labute approximate surface area is 125 Å². The summed E-state index contributed by atoms with van der Waals surface area (Å²) in [4.78, 5) is 23.2. The van der Waals surface area contributed by atoms with Crippen LogP contribution in [0.5, 0.6) is 0 Å². The van der Waals surface area contributed by atoms with E-state index in [0.717, 1.165) is 12.0 Å². The van der Waals surface area contributed by atoms with Gasteiger partial charge in [0.05, 0.1) is 0 Å². The number of Topliss-reactive ketones (excluding diaryl/α,β-unsaturated/α-hetero) is 1. The zero-order valence-corrected chi connectivity index (χ0v) is 12.9. The number of carbonyl (C=O) groups excluding carboxylic acids is 2. The van der Waals surface area contributed by atoms with E-state index >= 15 is 0 Å². The molecule has 1 aliphatic carbocycles. The molecule has 1 amide bonds. The molecule has 1 aliphatic rings. The van der Waals surface area contributed by atoms with E-state index in [-0.39, 0.29) is 23.7 Å². The summed E-state index contributed by atoms with van der Waals surface area (Å²) in [5.74, 6) is 0.684. The lowest BCUT2D eigenvalue weighted by Gasteiger charge is -2.51. The van der Waals surface area contributed by atoms with Crippen molar-refractivity contribution in [2.45, 2.75) is 33.8 Å². The highest BCUT2D eigenvalue weighted by Gasteiger charge is 2.49. The van der Waals surface area contributed by atoms with E-state index in [1.165, 1.54) is 0 Å². The van der Waals surface area contributed by atoms with Crippen LogP contribution in [0, 0.1) is 17.3 Å². The maximum absolute atomic E-state index is 11.7. The van der Waals surface area contributed by atoms with Gasteiger partial charge < -0.3 is 10.1 Å². The Bertz CT molecular complexity index is 510. The number of carbonyl (C=O) groups is 2. The zero-order chi connectivity index (χ0) is 15.5. The van der Waals surface area contributed by atoms with Crippen LogP contribution in [-0.2, 0) is 16.1 Å². The first-order chi connectivity index (χ1) is 9.91. The van der Waals surface area contributed by atoms with Crippen molar-refractivity contribution < 1.29 is 14.3 Å². The van der Waals surface area contributed by atoms with Crippen molar-refractivity contribution in [2.75, 3.05) is 6.54 Å². The lowest BCUT2D eigenvalue weighted by atomic mass is 9.53. The van der Waals surface area contributed by atoms with E-state index in [4.69, 9.17) is 4.74 Å². The predicted octanol–water partition coefficient (Wildman–Crippen LogP) is 3.16. The predicted molar refractivity (Wildman–Crippen MR) is 80.7 cm³/mol. The van der Waals surface area contributed by atoms with Gasteiger partial charge in [-0.1, -0.05) is 44.2 Å². The molecule has 21 heavy (non-hydrogen) atoms. The fraction of sp³-hybridized carbons (Fsp3) is 0.529. The molecule has 0 saturated heterocycles. The van der Waals surface area contributed by atoms with Crippen LogP contribution in [0.4, 0.5) is 4.79 Å². The standard InChI is InChI=1S/C17H23NO3/c1-12(19)15-9-14(17(15,2)3)10-18-16(20)21-11-13-7-5-4-6-8-13/h4-8,14-15H,9-11H2,1-3H3,(H,18,20)/t14-,15+/m1/s1. The van der Waals surface area contributed by atoms with Crippen molar-refractivity contribution in [1.29, 1.82) is 0 Å². The third-order valence-corrected chi connectivity index (χ3v) is 4.67.